The Morgan fingerprint density at radius 1 is 1.09 bits per heavy atom. The van der Waals surface area contributed by atoms with E-state index in [4.69, 9.17) is 4.79 Å². The number of nitrogens with zero attached hydrogens (tertiary/aromatic N) is 1. The largest absolute Gasteiger partial charge is 0.388 e. The van der Waals surface area contributed by atoms with Crippen molar-refractivity contribution in [1.29, 1.82) is 0 Å². The molecule has 0 N–H and O–H groups in total. The molecule has 1 aromatic carbocycles. The molecule has 0 aliphatic carbocycles. The van der Waals surface area contributed by atoms with Crippen molar-refractivity contribution in [3.63, 3.8) is 0 Å². The van der Waals surface area contributed by atoms with Crippen LogP contribution < -0.4 is 0 Å². The van der Waals surface area contributed by atoms with Gasteiger partial charge in [0, 0.05) is 33.4 Å². The van der Waals surface area contributed by atoms with Gasteiger partial charge in [-0.1, -0.05) is 52.8 Å². The molecule has 1 aromatic heterocycles. The normalized spacial score (nSPS) is 8.05. The van der Waals surface area contributed by atoms with E-state index in [0.717, 1.165) is 5.92 Å². The molecule has 0 atom stereocenters. The van der Waals surface area contributed by atoms with Crippen molar-refractivity contribution < 1.29 is 11.0 Å². The highest BCUT2D eigenvalue weighted by Gasteiger charge is 1.92. The second-order valence-corrected chi connectivity index (χ2v) is 4.81. The lowest BCUT2D eigenvalue weighted by molar-refractivity contribution is -0.0979. The summed E-state index contributed by atoms with van der Waals surface area (Å²) in [7, 11) is 3.25. The van der Waals surface area contributed by atoms with Gasteiger partial charge in [-0.05, 0) is 29.9 Å². The maximum atomic E-state index is 8.00. The Kier molecular flexibility index (Phi) is 22.1. The molecule has 0 bridgehead atoms. The standard InChI is InChI=1S/C10H9N.C4H10.C2H6O.C2H6.CH2O.H2/c1-8-3-2-4-9-7-11-6-5-10(8)9;1-4(2)3;1-3-2;2*1-2;/h2-7H,1H3;4H,1-3H3;1-2H3;1-2H3;1H2;1H. The number of hydrogen-bond donors (Lipinski definition) is 0. The summed E-state index contributed by atoms with van der Waals surface area (Å²) in [6.45, 7) is 14.6. The van der Waals surface area contributed by atoms with E-state index in [1.807, 2.05) is 39.1 Å². The maximum Gasteiger partial charge on any atom is 0.106 e. The van der Waals surface area contributed by atoms with Gasteiger partial charge in [-0.3, -0.25) is 4.98 Å². The number of ether oxygens (including phenoxy) is 1. The molecule has 0 spiro atoms. The van der Waals surface area contributed by atoms with E-state index < -0.39 is 0 Å². The summed E-state index contributed by atoms with van der Waals surface area (Å²) in [4.78, 5) is 12.1. The van der Waals surface area contributed by atoms with Gasteiger partial charge in [0.1, 0.15) is 6.79 Å². The molecule has 0 unspecified atom stereocenters. The van der Waals surface area contributed by atoms with Crippen LogP contribution in [0.2, 0.25) is 0 Å². The van der Waals surface area contributed by atoms with Crippen molar-refractivity contribution >= 4 is 17.6 Å². The highest BCUT2D eigenvalue weighted by Crippen LogP contribution is 2.15. The first kappa shape index (κ1) is 25.2. The third-order valence-electron chi connectivity index (χ3n) is 1.90. The Labute approximate surface area is 138 Å². The Morgan fingerprint density at radius 2 is 1.55 bits per heavy atom. The summed E-state index contributed by atoms with van der Waals surface area (Å²) in [5, 5.41) is 2.51. The van der Waals surface area contributed by atoms with Crippen molar-refractivity contribution in [2.45, 2.75) is 41.5 Å². The lowest BCUT2D eigenvalue weighted by Crippen LogP contribution is -1.77. The molecule has 0 aliphatic rings. The first-order valence-electron chi connectivity index (χ1n) is 7.51. The molecule has 2 aromatic rings. The number of benzene rings is 1. The summed E-state index contributed by atoms with van der Waals surface area (Å²) in [6, 6.07) is 8.29. The highest BCUT2D eigenvalue weighted by atomic mass is 16.4. The van der Waals surface area contributed by atoms with Gasteiger partial charge in [0.05, 0.1) is 0 Å². The van der Waals surface area contributed by atoms with E-state index in [0.29, 0.717) is 0 Å². The number of pyridine rings is 1. The van der Waals surface area contributed by atoms with Crippen molar-refractivity contribution in [3.05, 3.63) is 42.2 Å². The van der Waals surface area contributed by atoms with Crippen LogP contribution in [0.1, 0.15) is 41.6 Å². The maximum absolute atomic E-state index is 8.00. The lowest BCUT2D eigenvalue weighted by atomic mass is 10.1. The predicted octanol–water partition coefficient (Wildman–Crippen LogP) is 5.56. The molecule has 0 saturated carbocycles. The minimum atomic E-state index is 0. The van der Waals surface area contributed by atoms with E-state index >= 15 is 0 Å². The second-order valence-electron chi connectivity index (χ2n) is 4.81. The minimum absolute atomic E-state index is 0. The van der Waals surface area contributed by atoms with Gasteiger partial charge >= 0.3 is 0 Å². The Morgan fingerprint density at radius 3 is 1.95 bits per heavy atom. The SMILES string of the molecule is C=O.CC.CC(C)C.COC.Cc1cccc2cnccc12.[HH]. The first-order valence-corrected chi connectivity index (χ1v) is 7.51. The molecule has 0 radical (unpaired) electrons. The average molecular weight is 309 g/mol. The number of carbonyl (C=O) groups is 1. The van der Waals surface area contributed by atoms with Crippen LogP contribution in [0.5, 0.6) is 0 Å². The quantitative estimate of drug-likeness (QED) is 0.640. The molecular formula is C19H35NO2. The molecule has 3 nitrogen and oxygen atoms in total. The number of carbonyl (C=O) groups excluding carboxylic acids is 1. The number of aromatic nitrogens is 1. The summed E-state index contributed by atoms with van der Waals surface area (Å²) < 4.78 is 4.25. The fourth-order valence-corrected chi connectivity index (χ4v) is 1.28. The fraction of sp³-hybridized carbons (Fsp3) is 0.474. The van der Waals surface area contributed by atoms with Crippen molar-refractivity contribution in [2.75, 3.05) is 14.2 Å². The Hall–Kier alpha value is -1.74. The summed E-state index contributed by atoms with van der Waals surface area (Å²) in [5.74, 6) is 0.833. The minimum Gasteiger partial charge on any atom is -0.388 e. The van der Waals surface area contributed by atoms with E-state index in [9.17, 15) is 0 Å². The topological polar surface area (TPSA) is 39.2 Å². The van der Waals surface area contributed by atoms with Gasteiger partial charge in [-0.15, -0.1) is 0 Å². The third-order valence-corrected chi connectivity index (χ3v) is 1.90. The number of hydrogen-bond acceptors (Lipinski definition) is 3. The van der Waals surface area contributed by atoms with Gasteiger partial charge in [-0.25, -0.2) is 0 Å². The Bertz CT molecular complexity index is 454. The van der Waals surface area contributed by atoms with Gasteiger partial charge in [0.25, 0.3) is 0 Å². The van der Waals surface area contributed by atoms with Crippen LogP contribution in [0.15, 0.2) is 36.7 Å². The van der Waals surface area contributed by atoms with Gasteiger partial charge in [-0.2, -0.15) is 0 Å². The molecule has 2 rings (SSSR count). The van der Waals surface area contributed by atoms with Crippen LogP contribution in [0.25, 0.3) is 10.8 Å². The van der Waals surface area contributed by atoms with Crippen LogP contribution >= 0.6 is 0 Å². The van der Waals surface area contributed by atoms with E-state index in [2.05, 4.69) is 55.6 Å². The van der Waals surface area contributed by atoms with E-state index in [1.54, 1.807) is 14.2 Å². The first-order chi connectivity index (χ1) is 10.5. The van der Waals surface area contributed by atoms with Crippen molar-refractivity contribution in [2.24, 2.45) is 5.92 Å². The molecule has 128 valence electrons. The van der Waals surface area contributed by atoms with Gasteiger partial charge in [0.15, 0.2) is 0 Å². The molecule has 0 fully saturated rings. The molecule has 0 saturated heterocycles. The van der Waals surface area contributed by atoms with E-state index in [1.165, 1.54) is 16.3 Å². The number of aryl methyl sites for hydroxylation is 1. The highest BCUT2D eigenvalue weighted by molar-refractivity contribution is 5.84. The molecule has 1 heterocycles. The second kappa shape index (κ2) is 19.3. The van der Waals surface area contributed by atoms with Crippen LogP contribution in [-0.2, 0) is 9.53 Å². The number of fused-ring (bicyclic) bond motifs is 1. The average Bonchev–Trinajstić information content (AvgIpc) is 2.52. The summed E-state index contributed by atoms with van der Waals surface area (Å²) in [5.41, 5.74) is 1.31. The van der Waals surface area contributed by atoms with Crippen molar-refractivity contribution in [3.8, 4) is 0 Å². The Balaban J connectivity index is -0.000000129. The zero-order valence-corrected chi connectivity index (χ0v) is 15.5. The molecule has 22 heavy (non-hydrogen) atoms. The lowest BCUT2D eigenvalue weighted by Gasteiger charge is -1.98. The third kappa shape index (κ3) is 14.7. The van der Waals surface area contributed by atoms with Crippen LogP contribution in [0, 0.1) is 12.8 Å². The number of rotatable bonds is 0. The monoisotopic (exact) mass is 309 g/mol. The van der Waals surface area contributed by atoms with Crippen molar-refractivity contribution in [1.82, 2.24) is 4.98 Å². The van der Waals surface area contributed by atoms with E-state index in [-0.39, 0.29) is 1.43 Å². The molecular weight excluding hydrogens is 274 g/mol. The summed E-state index contributed by atoms with van der Waals surface area (Å²) in [6.07, 6.45) is 3.72. The molecule has 0 amide bonds. The van der Waals surface area contributed by atoms with Crippen LogP contribution in [0.3, 0.4) is 0 Å². The van der Waals surface area contributed by atoms with Crippen LogP contribution in [0.4, 0.5) is 0 Å². The zero-order chi connectivity index (χ0) is 18.0. The van der Waals surface area contributed by atoms with Crippen LogP contribution in [-0.4, -0.2) is 26.0 Å². The summed E-state index contributed by atoms with van der Waals surface area (Å²) >= 11 is 0. The smallest absolute Gasteiger partial charge is 0.106 e. The van der Waals surface area contributed by atoms with Gasteiger partial charge in [0.2, 0.25) is 0 Å². The number of methoxy groups -OCH3 is 1. The van der Waals surface area contributed by atoms with Gasteiger partial charge < -0.3 is 9.53 Å². The molecule has 0 aliphatic heterocycles. The predicted molar refractivity (Wildman–Crippen MR) is 101 cm³/mol. The molecule has 3 heteroatoms. The fourth-order valence-electron chi connectivity index (χ4n) is 1.28. The zero-order valence-electron chi connectivity index (χ0n) is 15.5.